The topological polar surface area (TPSA) is 69.6 Å². The Morgan fingerprint density at radius 2 is 1.91 bits per heavy atom. The molecule has 0 unspecified atom stereocenters. The van der Waals surface area contributed by atoms with E-state index in [1.807, 2.05) is 25.2 Å². The van der Waals surface area contributed by atoms with Crippen LogP contribution >= 0.6 is 0 Å². The van der Waals surface area contributed by atoms with Crippen LogP contribution < -0.4 is 10.2 Å². The van der Waals surface area contributed by atoms with Crippen molar-refractivity contribution in [1.82, 2.24) is 5.32 Å². The van der Waals surface area contributed by atoms with Gasteiger partial charge in [-0.3, -0.25) is 9.59 Å². The number of carbonyl (C=O) groups excluding carboxylic acids is 1. The fourth-order valence-electron chi connectivity index (χ4n) is 2.93. The first kappa shape index (κ1) is 16.3. The van der Waals surface area contributed by atoms with E-state index in [0.29, 0.717) is 25.8 Å². The van der Waals surface area contributed by atoms with E-state index in [4.69, 9.17) is 5.11 Å². The summed E-state index contributed by atoms with van der Waals surface area (Å²) in [4.78, 5) is 25.1. The van der Waals surface area contributed by atoms with E-state index < -0.39 is 5.97 Å². The van der Waals surface area contributed by atoms with Gasteiger partial charge in [-0.25, -0.2) is 0 Å². The maximum absolute atomic E-state index is 12.0. The molecule has 0 aliphatic heterocycles. The zero-order chi connectivity index (χ0) is 15.9. The molecule has 1 aliphatic rings. The summed E-state index contributed by atoms with van der Waals surface area (Å²) >= 11 is 0. The first-order valence-corrected chi connectivity index (χ1v) is 7.84. The zero-order valence-corrected chi connectivity index (χ0v) is 13.0. The Kier molecular flexibility index (Phi) is 5.81. The number of nitrogens with zero attached hydrogens (tertiary/aromatic N) is 1. The lowest BCUT2D eigenvalue weighted by Crippen LogP contribution is -2.32. The number of amides is 1. The van der Waals surface area contributed by atoms with Gasteiger partial charge in [0.05, 0.1) is 5.92 Å². The van der Waals surface area contributed by atoms with E-state index in [-0.39, 0.29) is 17.7 Å². The summed E-state index contributed by atoms with van der Waals surface area (Å²) in [6.45, 7) is 1.50. The van der Waals surface area contributed by atoms with Crippen LogP contribution in [-0.2, 0) is 9.59 Å². The van der Waals surface area contributed by atoms with E-state index in [9.17, 15) is 9.59 Å². The van der Waals surface area contributed by atoms with Gasteiger partial charge in [0, 0.05) is 31.7 Å². The highest BCUT2D eigenvalue weighted by molar-refractivity contribution is 5.80. The standard InChI is InChI=1S/C17H24N2O3/c1-19(15-6-3-2-4-7-15)11-5-10-18-16(20)13-8-9-14(12-13)17(21)22/h2-4,6-7,13-14H,5,8-12H2,1H3,(H,18,20)(H,21,22)/t13-,14+/m1/s1. The van der Waals surface area contributed by atoms with Crippen molar-refractivity contribution >= 4 is 17.6 Å². The number of para-hydroxylation sites is 1. The fourth-order valence-corrected chi connectivity index (χ4v) is 2.93. The van der Waals surface area contributed by atoms with Gasteiger partial charge < -0.3 is 15.3 Å². The molecule has 0 spiro atoms. The highest BCUT2D eigenvalue weighted by Gasteiger charge is 2.33. The van der Waals surface area contributed by atoms with Crippen molar-refractivity contribution in [3.63, 3.8) is 0 Å². The van der Waals surface area contributed by atoms with E-state index in [1.165, 1.54) is 0 Å². The maximum atomic E-state index is 12.0. The van der Waals surface area contributed by atoms with E-state index >= 15 is 0 Å². The van der Waals surface area contributed by atoms with Crippen molar-refractivity contribution in [1.29, 1.82) is 0 Å². The summed E-state index contributed by atoms with van der Waals surface area (Å²) < 4.78 is 0. The molecule has 0 heterocycles. The first-order chi connectivity index (χ1) is 10.6. The maximum Gasteiger partial charge on any atom is 0.306 e. The number of rotatable bonds is 7. The molecule has 1 saturated carbocycles. The van der Waals surface area contributed by atoms with Gasteiger partial charge >= 0.3 is 5.97 Å². The van der Waals surface area contributed by atoms with Crippen LogP contribution in [0.25, 0.3) is 0 Å². The average Bonchev–Trinajstić information content (AvgIpc) is 3.02. The monoisotopic (exact) mass is 304 g/mol. The molecule has 5 nitrogen and oxygen atoms in total. The third-order valence-corrected chi connectivity index (χ3v) is 4.32. The van der Waals surface area contributed by atoms with Crippen molar-refractivity contribution in [2.75, 3.05) is 25.0 Å². The molecule has 1 aliphatic carbocycles. The number of carboxylic acid groups (broad SMARTS) is 1. The summed E-state index contributed by atoms with van der Waals surface area (Å²) in [7, 11) is 2.03. The second kappa shape index (κ2) is 7.82. The molecule has 1 aromatic rings. The predicted molar refractivity (Wildman–Crippen MR) is 85.8 cm³/mol. The molecular weight excluding hydrogens is 280 g/mol. The normalized spacial score (nSPS) is 20.6. The highest BCUT2D eigenvalue weighted by Crippen LogP contribution is 2.31. The van der Waals surface area contributed by atoms with Gasteiger partial charge in [-0.1, -0.05) is 18.2 Å². The lowest BCUT2D eigenvalue weighted by Gasteiger charge is -2.19. The van der Waals surface area contributed by atoms with E-state index in [1.54, 1.807) is 0 Å². The van der Waals surface area contributed by atoms with Crippen LogP contribution in [0.5, 0.6) is 0 Å². The summed E-state index contributed by atoms with van der Waals surface area (Å²) in [6.07, 6.45) is 2.65. The molecule has 0 saturated heterocycles. The van der Waals surface area contributed by atoms with Gasteiger partial charge in [0.2, 0.25) is 5.91 Å². The van der Waals surface area contributed by atoms with Gasteiger partial charge in [0.1, 0.15) is 0 Å². The molecule has 0 radical (unpaired) electrons. The minimum absolute atomic E-state index is 0.00566. The number of nitrogens with one attached hydrogen (secondary N) is 1. The lowest BCUT2D eigenvalue weighted by atomic mass is 10.0. The Hall–Kier alpha value is -2.04. The second-order valence-corrected chi connectivity index (χ2v) is 5.95. The summed E-state index contributed by atoms with van der Waals surface area (Å²) in [5.41, 5.74) is 1.16. The Morgan fingerprint density at radius 1 is 1.23 bits per heavy atom. The number of hydrogen-bond acceptors (Lipinski definition) is 3. The lowest BCUT2D eigenvalue weighted by molar-refractivity contribution is -0.141. The number of aliphatic carboxylic acids is 1. The van der Waals surface area contributed by atoms with Gasteiger partial charge in [-0.05, 0) is 37.8 Å². The molecule has 5 heteroatoms. The van der Waals surface area contributed by atoms with Crippen LogP contribution in [0.1, 0.15) is 25.7 Å². The smallest absolute Gasteiger partial charge is 0.306 e. The number of anilines is 1. The molecule has 22 heavy (non-hydrogen) atoms. The zero-order valence-electron chi connectivity index (χ0n) is 13.0. The third kappa shape index (κ3) is 4.48. The quantitative estimate of drug-likeness (QED) is 0.757. The second-order valence-electron chi connectivity index (χ2n) is 5.95. The first-order valence-electron chi connectivity index (χ1n) is 7.84. The highest BCUT2D eigenvalue weighted by atomic mass is 16.4. The summed E-state index contributed by atoms with van der Waals surface area (Å²) in [6, 6.07) is 10.1. The van der Waals surface area contributed by atoms with Crippen LogP contribution in [0.4, 0.5) is 5.69 Å². The SMILES string of the molecule is CN(CCCNC(=O)[C@@H]1CC[C@H](C(=O)O)C1)c1ccccc1. The van der Waals surface area contributed by atoms with Crippen molar-refractivity contribution in [3.8, 4) is 0 Å². The summed E-state index contributed by atoms with van der Waals surface area (Å²) in [5, 5.41) is 11.9. The molecule has 0 aromatic heterocycles. The van der Waals surface area contributed by atoms with Crippen LogP contribution in [0.15, 0.2) is 30.3 Å². The van der Waals surface area contributed by atoms with Crippen LogP contribution in [-0.4, -0.2) is 37.1 Å². The molecule has 1 amide bonds. The molecule has 0 bridgehead atoms. The predicted octanol–water partition coefficient (Wildman–Crippen LogP) is 2.13. The van der Waals surface area contributed by atoms with Gasteiger partial charge in [-0.2, -0.15) is 0 Å². The van der Waals surface area contributed by atoms with E-state index in [2.05, 4.69) is 22.3 Å². The Morgan fingerprint density at radius 3 is 2.55 bits per heavy atom. The average molecular weight is 304 g/mol. The number of carboxylic acids is 1. The van der Waals surface area contributed by atoms with Gasteiger partial charge in [-0.15, -0.1) is 0 Å². The number of benzene rings is 1. The van der Waals surface area contributed by atoms with Crippen molar-refractivity contribution in [2.24, 2.45) is 11.8 Å². The third-order valence-electron chi connectivity index (χ3n) is 4.32. The van der Waals surface area contributed by atoms with Crippen LogP contribution in [0.2, 0.25) is 0 Å². The van der Waals surface area contributed by atoms with Crippen molar-refractivity contribution < 1.29 is 14.7 Å². The number of hydrogen-bond donors (Lipinski definition) is 2. The summed E-state index contributed by atoms with van der Waals surface area (Å²) in [5.74, 6) is -1.25. The molecule has 2 rings (SSSR count). The largest absolute Gasteiger partial charge is 0.481 e. The molecular formula is C17H24N2O3. The van der Waals surface area contributed by atoms with Gasteiger partial charge in [0.15, 0.2) is 0 Å². The molecule has 2 atom stereocenters. The minimum Gasteiger partial charge on any atom is -0.481 e. The fraction of sp³-hybridized carbons (Fsp3) is 0.529. The Balaban J connectivity index is 1.64. The van der Waals surface area contributed by atoms with Crippen molar-refractivity contribution in [3.05, 3.63) is 30.3 Å². The van der Waals surface area contributed by atoms with Crippen molar-refractivity contribution in [2.45, 2.75) is 25.7 Å². The number of carbonyl (C=O) groups is 2. The van der Waals surface area contributed by atoms with Crippen LogP contribution in [0, 0.1) is 11.8 Å². The molecule has 2 N–H and O–H groups in total. The van der Waals surface area contributed by atoms with Gasteiger partial charge in [0.25, 0.3) is 0 Å². The molecule has 1 fully saturated rings. The Bertz CT molecular complexity index is 504. The molecule has 120 valence electrons. The minimum atomic E-state index is -0.778. The van der Waals surface area contributed by atoms with E-state index in [0.717, 1.165) is 18.7 Å². The van der Waals surface area contributed by atoms with Crippen LogP contribution in [0.3, 0.4) is 0 Å². The Labute approximate surface area is 131 Å². The molecule has 1 aromatic carbocycles.